The molecule has 3 nitrogen and oxygen atoms in total. The Morgan fingerprint density at radius 1 is 1.14 bits per heavy atom. The Labute approximate surface area is 126 Å². The highest BCUT2D eigenvalue weighted by Gasteiger charge is 2.14. The van der Waals surface area contributed by atoms with Crippen LogP contribution < -0.4 is 4.74 Å². The fourth-order valence-electron chi connectivity index (χ4n) is 2.09. The van der Waals surface area contributed by atoms with Crippen LogP contribution in [0, 0.1) is 0 Å². The highest BCUT2D eigenvalue weighted by Crippen LogP contribution is 2.28. The number of nitrogens with zero attached hydrogens (tertiary/aromatic N) is 1. The normalized spacial score (nSPS) is 11.5. The molecule has 0 spiro atoms. The molecule has 0 amide bonds. The van der Waals surface area contributed by atoms with Crippen LogP contribution in [0.1, 0.15) is 44.5 Å². The third-order valence-corrected chi connectivity index (χ3v) is 3.38. The number of aromatic nitrogens is 1. The van der Waals surface area contributed by atoms with E-state index in [0.29, 0.717) is 5.88 Å². The molecule has 0 fully saturated rings. The van der Waals surface area contributed by atoms with Gasteiger partial charge in [0.2, 0.25) is 5.88 Å². The number of hydrogen-bond donors (Lipinski definition) is 1. The van der Waals surface area contributed by atoms with Crippen molar-refractivity contribution in [2.45, 2.75) is 46.1 Å². The monoisotopic (exact) mass is 285 g/mol. The lowest BCUT2D eigenvalue weighted by molar-refractivity contribution is 0.281. The summed E-state index contributed by atoms with van der Waals surface area (Å²) in [6.07, 6.45) is 0.812. The van der Waals surface area contributed by atoms with Crippen LogP contribution in [0.2, 0.25) is 0 Å². The smallest absolute Gasteiger partial charge is 0.219 e. The van der Waals surface area contributed by atoms with Crippen molar-refractivity contribution in [3.05, 3.63) is 53.2 Å². The maximum absolute atomic E-state index is 9.32. The lowest BCUT2D eigenvalue weighted by atomic mass is 9.87. The number of aliphatic hydroxyl groups is 1. The largest absolute Gasteiger partial charge is 0.439 e. The second-order valence-corrected chi connectivity index (χ2v) is 6.20. The van der Waals surface area contributed by atoms with Crippen LogP contribution in [0.15, 0.2) is 36.4 Å². The summed E-state index contributed by atoms with van der Waals surface area (Å²) in [7, 11) is 0. The predicted octanol–water partition coefficient (Wildman–Crippen LogP) is 4.23. The minimum absolute atomic E-state index is 0.00604. The molecule has 0 aliphatic rings. The Kier molecular flexibility index (Phi) is 4.63. The van der Waals surface area contributed by atoms with E-state index >= 15 is 0 Å². The van der Waals surface area contributed by atoms with Crippen LogP contribution in [0.3, 0.4) is 0 Å². The molecule has 2 aromatic rings. The molecular formula is C18H23NO2. The molecule has 0 unspecified atom stereocenters. The van der Waals surface area contributed by atoms with E-state index in [9.17, 15) is 5.11 Å². The average molecular weight is 285 g/mol. The second-order valence-electron chi connectivity index (χ2n) is 6.20. The molecule has 1 heterocycles. The molecule has 0 bridgehead atoms. The van der Waals surface area contributed by atoms with E-state index in [4.69, 9.17) is 4.74 Å². The molecule has 2 rings (SSSR count). The van der Waals surface area contributed by atoms with Crippen LogP contribution in [-0.4, -0.2) is 10.1 Å². The van der Waals surface area contributed by atoms with Gasteiger partial charge in [-0.2, -0.15) is 0 Å². The van der Waals surface area contributed by atoms with Gasteiger partial charge in [-0.1, -0.05) is 39.8 Å². The number of rotatable bonds is 4. The molecule has 1 aromatic carbocycles. The van der Waals surface area contributed by atoms with E-state index in [1.54, 1.807) is 6.07 Å². The highest BCUT2D eigenvalue weighted by atomic mass is 16.5. The second kappa shape index (κ2) is 6.27. The predicted molar refractivity (Wildman–Crippen MR) is 84.8 cm³/mol. The van der Waals surface area contributed by atoms with Crippen molar-refractivity contribution in [1.82, 2.24) is 4.98 Å². The molecule has 21 heavy (non-hydrogen) atoms. The van der Waals surface area contributed by atoms with Crippen LogP contribution >= 0.6 is 0 Å². The number of aryl methyl sites for hydroxylation is 1. The van der Waals surface area contributed by atoms with Gasteiger partial charge in [-0.25, -0.2) is 4.98 Å². The number of aliphatic hydroxyl groups excluding tert-OH is 1. The van der Waals surface area contributed by atoms with Gasteiger partial charge in [-0.3, -0.25) is 0 Å². The van der Waals surface area contributed by atoms with Gasteiger partial charge in [0.05, 0.1) is 6.61 Å². The Morgan fingerprint density at radius 2 is 1.90 bits per heavy atom. The van der Waals surface area contributed by atoms with E-state index in [1.807, 2.05) is 31.2 Å². The zero-order valence-electron chi connectivity index (χ0n) is 13.2. The third kappa shape index (κ3) is 4.05. The quantitative estimate of drug-likeness (QED) is 0.914. The average Bonchev–Trinajstić information content (AvgIpc) is 2.46. The number of hydrogen-bond acceptors (Lipinski definition) is 3. The van der Waals surface area contributed by atoms with Gasteiger partial charge in [-0.15, -0.1) is 0 Å². The highest BCUT2D eigenvalue weighted by molar-refractivity contribution is 5.36. The summed E-state index contributed by atoms with van der Waals surface area (Å²) in [6, 6.07) is 11.7. The molecule has 3 heteroatoms. The lowest BCUT2D eigenvalue weighted by Gasteiger charge is -2.19. The third-order valence-electron chi connectivity index (χ3n) is 3.38. The van der Waals surface area contributed by atoms with Crippen LogP contribution in [0.25, 0.3) is 0 Å². The van der Waals surface area contributed by atoms with Crippen molar-refractivity contribution in [2.75, 3.05) is 0 Å². The first-order chi connectivity index (χ1) is 9.92. The van der Waals surface area contributed by atoms with Gasteiger partial charge in [0, 0.05) is 11.8 Å². The summed E-state index contributed by atoms with van der Waals surface area (Å²) in [5.74, 6) is 1.30. The molecule has 1 N–H and O–H groups in total. The Hall–Kier alpha value is -1.87. The zero-order chi connectivity index (χ0) is 15.5. The molecule has 0 atom stereocenters. The first kappa shape index (κ1) is 15.5. The van der Waals surface area contributed by atoms with Crippen LogP contribution in [0.5, 0.6) is 11.6 Å². The van der Waals surface area contributed by atoms with E-state index in [-0.39, 0.29) is 12.0 Å². The first-order valence-electron chi connectivity index (χ1n) is 7.31. The van der Waals surface area contributed by atoms with Gasteiger partial charge in [0.25, 0.3) is 0 Å². The van der Waals surface area contributed by atoms with Crippen molar-refractivity contribution in [3.63, 3.8) is 0 Å². The molecule has 0 aliphatic carbocycles. The van der Waals surface area contributed by atoms with E-state index < -0.39 is 0 Å². The van der Waals surface area contributed by atoms with Gasteiger partial charge < -0.3 is 9.84 Å². The fraction of sp³-hybridized carbons (Fsp3) is 0.389. The van der Waals surface area contributed by atoms with E-state index in [0.717, 1.165) is 23.4 Å². The molecule has 0 aliphatic heterocycles. The molecule has 0 radical (unpaired) electrons. The number of ether oxygens (including phenoxy) is 1. The van der Waals surface area contributed by atoms with Gasteiger partial charge in [0.15, 0.2) is 0 Å². The summed E-state index contributed by atoms with van der Waals surface area (Å²) in [5, 5.41) is 9.32. The first-order valence-corrected chi connectivity index (χ1v) is 7.31. The maximum atomic E-state index is 9.32. The summed E-state index contributed by atoms with van der Waals surface area (Å²) in [6.45, 7) is 8.55. The molecule has 112 valence electrons. The zero-order valence-corrected chi connectivity index (χ0v) is 13.2. The Balaban J connectivity index is 2.30. The summed E-state index contributed by atoms with van der Waals surface area (Å²) >= 11 is 0. The van der Waals surface area contributed by atoms with Crippen molar-refractivity contribution in [2.24, 2.45) is 0 Å². The fourth-order valence-corrected chi connectivity index (χ4v) is 2.09. The molecule has 0 saturated heterocycles. The lowest BCUT2D eigenvalue weighted by Crippen LogP contribution is -2.10. The molecule has 0 saturated carbocycles. The summed E-state index contributed by atoms with van der Waals surface area (Å²) in [5.41, 5.74) is 3.04. The molecular weight excluding hydrogens is 262 g/mol. The Morgan fingerprint density at radius 3 is 2.52 bits per heavy atom. The van der Waals surface area contributed by atoms with E-state index in [1.165, 1.54) is 5.56 Å². The molecule has 1 aromatic heterocycles. The number of benzene rings is 1. The van der Waals surface area contributed by atoms with Crippen molar-refractivity contribution in [3.8, 4) is 11.6 Å². The SMILES string of the molecule is CCc1cc(CO)cc(Oc2cccc(C(C)(C)C)c2)n1. The standard InChI is InChI=1S/C18H23NO2/c1-5-15-9-13(12-20)10-17(19-15)21-16-8-6-7-14(11-16)18(2,3)4/h6-11,20H,5,12H2,1-4H3. The van der Waals surface area contributed by atoms with E-state index in [2.05, 4.69) is 31.8 Å². The van der Waals surface area contributed by atoms with Crippen molar-refractivity contribution >= 4 is 0 Å². The van der Waals surface area contributed by atoms with Crippen LogP contribution in [0.4, 0.5) is 0 Å². The summed E-state index contributed by atoms with van der Waals surface area (Å²) < 4.78 is 5.88. The minimum atomic E-state index is -0.00604. The number of pyridine rings is 1. The van der Waals surface area contributed by atoms with Crippen molar-refractivity contribution < 1.29 is 9.84 Å². The minimum Gasteiger partial charge on any atom is -0.439 e. The van der Waals surface area contributed by atoms with Crippen molar-refractivity contribution in [1.29, 1.82) is 0 Å². The van der Waals surface area contributed by atoms with Gasteiger partial charge >= 0.3 is 0 Å². The van der Waals surface area contributed by atoms with Gasteiger partial charge in [0.1, 0.15) is 5.75 Å². The Bertz CT molecular complexity index is 593. The maximum Gasteiger partial charge on any atom is 0.219 e. The topological polar surface area (TPSA) is 42.4 Å². The van der Waals surface area contributed by atoms with Crippen LogP contribution in [-0.2, 0) is 18.4 Å². The summed E-state index contributed by atoms with van der Waals surface area (Å²) in [4.78, 5) is 4.45. The van der Waals surface area contributed by atoms with Gasteiger partial charge in [-0.05, 0) is 41.2 Å².